The van der Waals surface area contributed by atoms with Crippen molar-refractivity contribution in [2.75, 3.05) is 7.11 Å². The summed E-state index contributed by atoms with van der Waals surface area (Å²) in [6.07, 6.45) is 14.8. The van der Waals surface area contributed by atoms with Gasteiger partial charge in [0, 0.05) is 36.4 Å². The van der Waals surface area contributed by atoms with E-state index in [-0.39, 0.29) is 0 Å². The Kier molecular flexibility index (Phi) is 12.9. The van der Waals surface area contributed by atoms with Gasteiger partial charge in [-0.3, -0.25) is 9.79 Å². The van der Waals surface area contributed by atoms with Gasteiger partial charge < -0.3 is 10.5 Å². The van der Waals surface area contributed by atoms with E-state index in [4.69, 9.17) is 10.5 Å². The van der Waals surface area contributed by atoms with E-state index in [0.717, 1.165) is 42.5 Å². The van der Waals surface area contributed by atoms with E-state index >= 15 is 0 Å². The first-order valence-electron chi connectivity index (χ1n) is 11.9. The van der Waals surface area contributed by atoms with Gasteiger partial charge in [-0.2, -0.15) is 0 Å². The number of hydrogen-bond acceptors (Lipinski definition) is 5. The van der Waals surface area contributed by atoms with Crippen molar-refractivity contribution in [3.05, 3.63) is 29.0 Å². The highest BCUT2D eigenvalue weighted by atomic mass is 16.5. The van der Waals surface area contributed by atoms with Crippen LogP contribution in [0.4, 0.5) is 0 Å². The average molecular weight is 431 g/mol. The summed E-state index contributed by atoms with van der Waals surface area (Å²) in [5.41, 5.74) is 8.51. The number of allylic oxidation sites excluding steroid dienone is 1. The van der Waals surface area contributed by atoms with Crippen molar-refractivity contribution >= 4 is 17.7 Å². The molecule has 2 aliphatic carbocycles. The number of carbonyl (C=O) groups excluding carboxylic acids is 1. The summed E-state index contributed by atoms with van der Waals surface area (Å²) in [7, 11) is 1.82. The minimum Gasteiger partial charge on any atom is -0.381 e. The molecule has 1 unspecified atom stereocenters. The predicted octanol–water partition coefficient (Wildman–Crippen LogP) is 5.53. The molecule has 0 radical (unpaired) electrons. The van der Waals surface area contributed by atoms with Crippen molar-refractivity contribution in [1.29, 1.82) is 0 Å². The first-order chi connectivity index (χ1) is 15.0. The molecular formula is C25H42N4O2. The number of hydrogen-bond donors (Lipinski definition) is 1. The molecular weight excluding hydrogens is 388 g/mol. The Labute approximate surface area is 188 Å². The van der Waals surface area contributed by atoms with Crippen molar-refractivity contribution in [2.24, 2.45) is 16.6 Å². The summed E-state index contributed by atoms with van der Waals surface area (Å²) < 4.78 is 5.19. The Morgan fingerprint density at radius 1 is 1.19 bits per heavy atom. The number of rotatable bonds is 6. The van der Waals surface area contributed by atoms with Gasteiger partial charge in [0.25, 0.3) is 5.91 Å². The topological polar surface area (TPSA) is 90.5 Å². The third-order valence-corrected chi connectivity index (χ3v) is 5.66. The number of ether oxygens (including phenoxy) is 1. The molecule has 31 heavy (non-hydrogen) atoms. The summed E-state index contributed by atoms with van der Waals surface area (Å²) in [4.78, 5) is 24.8. The predicted molar refractivity (Wildman–Crippen MR) is 129 cm³/mol. The molecule has 6 nitrogen and oxygen atoms in total. The monoisotopic (exact) mass is 430 g/mol. The number of methoxy groups -OCH3 is 1. The van der Waals surface area contributed by atoms with E-state index < -0.39 is 5.91 Å². The summed E-state index contributed by atoms with van der Waals surface area (Å²) in [6.45, 7) is 10.1. The number of nitrogens with two attached hydrogens (primary N) is 1. The number of aliphatic imine (C=N–C) groups is 1. The highest BCUT2D eigenvalue weighted by Gasteiger charge is 2.22. The second-order valence-electron chi connectivity index (χ2n) is 8.03. The van der Waals surface area contributed by atoms with Gasteiger partial charge in [-0.1, -0.05) is 47.0 Å². The SMILES string of the molecule is CC.CCC(C)C=N/C=C(\C)c1nc2c(c(C(N)=O)n1)CCC2.COC1CCCCC1. The second kappa shape index (κ2) is 14.8. The molecule has 1 saturated carbocycles. The lowest BCUT2D eigenvalue weighted by Crippen LogP contribution is -2.18. The first-order valence-corrected chi connectivity index (χ1v) is 11.9. The molecule has 1 amide bonds. The highest BCUT2D eigenvalue weighted by Crippen LogP contribution is 2.24. The fourth-order valence-electron chi connectivity index (χ4n) is 3.58. The van der Waals surface area contributed by atoms with Crippen LogP contribution < -0.4 is 5.73 Å². The molecule has 0 aliphatic heterocycles. The summed E-state index contributed by atoms with van der Waals surface area (Å²) in [5.74, 6) is 0.509. The number of aromatic nitrogens is 2. The van der Waals surface area contributed by atoms with Crippen molar-refractivity contribution in [2.45, 2.75) is 98.5 Å². The number of carbonyl (C=O) groups is 1. The summed E-state index contributed by atoms with van der Waals surface area (Å²) in [6, 6.07) is 0. The van der Waals surface area contributed by atoms with E-state index in [1.54, 1.807) is 6.20 Å². The molecule has 1 heterocycles. The molecule has 3 rings (SSSR count). The fourth-order valence-corrected chi connectivity index (χ4v) is 3.58. The highest BCUT2D eigenvalue weighted by molar-refractivity contribution is 5.93. The van der Waals surface area contributed by atoms with Gasteiger partial charge in [0.05, 0.1) is 6.10 Å². The Balaban J connectivity index is 0.000000400. The zero-order valence-corrected chi connectivity index (χ0v) is 20.4. The maximum atomic E-state index is 11.6. The van der Waals surface area contributed by atoms with Crippen LogP contribution in [0.3, 0.4) is 0 Å². The van der Waals surface area contributed by atoms with Gasteiger partial charge in [0.15, 0.2) is 5.82 Å². The van der Waals surface area contributed by atoms with Gasteiger partial charge in [-0.25, -0.2) is 9.97 Å². The van der Waals surface area contributed by atoms with Crippen LogP contribution in [0.5, 0.6) is 0 Å². The molecule has 6 heteroatoms. The average Bonchev–Trinajstić information content (AvgIpc) is 3.29. The van der Waals surface area contributed by atoms with E-state index in [9.17, 15) is 4.79 Å². The van der Waals surface area contributed by atoms with Gasteiger partial charge in [-0.05, 0) is 51.4 Å². The van der Waals surface area contributed by atoms with Gasteiger partial charge in [0.2, 0.25) is 0 Å². The molecule has 1 aromatic rings. The van der Waals surface area contributed by atoms with Crippen molar-refractivity contribution < 1.29 is 9.53 Å². The van der Waals surface area contributed by atoms with Crippen LogP contribution in [-0.2, 0) is 17.6 Å². The van der Waals surface area contributed by atoms with E-state index in [0.29, 0.717) is 23.5 Å². The van der Waals surface area contributed by atoms with Crippen LogP contribution in [0, 0.1) is 5.92 Å². The molecule has 1 atom stereocenters. The molecule has 0 bridgehead atoms. The van der Waals surface area contributed by atoms with Gasteiger partial charge in [-0.15, -0.1) is 0 Å². The lowest BCUT2D eigenvalue weighted by atomic mass is 9.98. The van der Waals surface area contributed by atoms with Gasteiger partial charge >= 0.3 is 0 Å². The molecule has 2 aliphatic rings. The quantitative estimate of drug-likeness (QED) is 0.600. The zero-order valence-electron chi connectivity index (χ0n) is 20.4. The first kappa shape index (κ1) is 27.0. The normalized spacial score (nSPS) is 17.3. The van der Waals surface area contributed by atoms with Crippen LogP contribution >= 0.6 is 0 Å². The van der Waals surface area contributed by atoms with Gasteiger partial charge in [0.1, 0.15) is 5.69 Å². The molecule has 2 N–H and O–H groups in total. The molecule has 0 saturated heterocycles. The minimum atomic E-state index is -0.479. The zero-order chi connectivity index (χ0) is 23.2. The maximum absolute atomic E-state index is 11.6. The molecule has 0 aromatic carbocycles. The standard InChI is InChI=1S/C16H22N4O.C7H14O.C2H6/c1-4-10(2)8-18-9-11(3)16-19-13-7-5-6-12(13)14(20-16)15(17)21;1-8-7-5-3-2-4-6-7;1-2/h8-10H,4-7H2,1-3H3,(H2,17,21);7H,2-6H2,1H3;1-2H3/b11-9+,18-8?;;. The van der Waals surface area contributed by atoms with Crippen molar-refractivity contribution in [3.63, 3.8) is 0 Å². The lowest BCUT2D eigenvalue weighted by Gasteiger charge is -2.19. The van der Waals surface area contributed by atoms with Crippen LogP contribution in [0.1, 0.15) is 107 Å². The van der Waals surface area contributed by atoms with Crippen LogP contribution in [0.25, 0.3) is 5.57 Å². The largest absolute Gasteiger partial charge is 0.381 e. The van der Waals surface area contributed by atoms with Crippen LogP contribution in [0.15, 0.2) is 11.2 Å². The van der Waals surface area contributed by atoms with Crippen molar-refractivity contribution in [3.8, 4) is 0 Å². The Morgan fingerprint density at radius 2 is 1.87 bits per heavy atom. The number of nitrogens with zero attached hydrogens (tertiary/aromatic N) is 3. The van der Waals surface area contributed by atoms with Crippen LogP contribution in [-0.4, -0.2) is 35.3 Å². The smallest absolute Gasteiger partial charge is 0.267 e. The third-order valence-electron chi connectivity index (χ3n) is 5.66. The number of primary amides is 1. The molecule has 1 aromatic heterocycles. The molecule has 1 fully saturated rings. The lowest BCUT2D eigenvalue weighted by molar-refractivity contribution is 0.0710. The number of amides is 1. The Hall–Kier alpha value is -2.08. The Bertz CT molecular complexity index is 737. The maximum Gasteiger partial charge on any atom is 0.267 e. The van der Waals surface area contributed by atoms with E-state index in [1.807, 2.05) is 34.1 Å². The molecule has 174 valence electrons. The summed E-state index contributed by atoms with van der Waals surface area (Å²) in [5, 5.41) is 0. The summed E-state index contributed by atoms with van der Waals surface area (Å²) >= 11 is 0. The van der Waals surface area contributed by atoms with E-state index in [2.05, 4.69) is 28.8 Å². The van der Waals surface area contributed by atoms with E-state index in [1.165, 1.54) is 32.1 Å². The fraction of sp³-hybridized carbons (Fsp3) is 0.680. The third kappa shape index (κ3) is 8.90. The number of aryl methyl sites for hydroxylation is 1. The van der Waals surface area contributed by atoms with Crippen molar-refractivity contribution in [1.82, 2.24) is 9.97 Å². The Morgan fingerprint density at radius 3 is 2.42 bits per heavy atom. The second-order valence-corrected chi connectivity index (χ2v) is 8.03. The minimum absolute atomic E-state index is 0.367. The molecule has 0 spiro atoms. The number of fused-ring (bicyclic) bond motifs is 1. The van der Waals surface area contributed by atoms with Crippen LogP contribution in [0.2, 0.25) is 0 Å².